The highest BCUT2D eigenvalue weighted by Crippen LogP contribution is 2.42. The Balaban J connectivity index is 1.46. The van der Waals surface area contributed by atoms with Gasteiger partial charge in [-0.3, -0.25) is 4.79 Å². The van der Waals surface area contributed by atoms with Crippen molar-refractivity contribution < 1.29 is 9.21 Å². The molecule has 3 N–H and O–H groups in total. The van der Waals surface area contributed by atoms with E-state index in [9.17, 15) is 4.79 Å². The molecule has 2 aromatic rings. The number of nitrogens with one attached hydrogen (secondary N) is 1. The first-order valence-electron chi connectivity index (χ1n) is 9.19. The number of benzene rings is 1. The van der Waals surface area contributed by atoms with Crippen molar-refractivity contribution in [2.24, 2.45) is 23.5 Å². The van der Waals surface area contributed by atoms with E-state index in [1.54, 1.807) is 6.20 Å². The van der Waals surface area contributed by atoms with Crippen LogP contribution in [0.3, 0.4) is 0 Å². The number of carbonyl (C=O) groups is 1. The summed E-state index contributed by atoms with van der Waals surface area (Å²) in [6.07, 6.45) is 7.13. The number of aryl methyl sites for hydroxylation is 1. The Kier molecular flexibility index (Phi) is 4.34. The number of aromatic nitrogens is 1. The zero-order valence-electron chi connectivity index (χ0n) is 14.6. The fourth-order valence-electron chi connectivity index (χ4n) is 4.47. The molecule has 2 bridgehead atoms. The molecule has 4 rings (SSSR count). The summed E-state index contributed by atoms with van der Waals surface area (Å²) >= 11 is 0. The van der Waals surface area contributed by atoms with Gasteiger partial charge >= 0.3 is 0 Å². The molecule has 2 unspecified atom stereocenters. The van der Waals surface area contributed by atoms with Crippen molar-refractivity contribution in [1.29, 1.82) is 0 Å². The Morgan fingerprint density at radius 1 is 1.28 bits per heavy atom. The maximum Gasteiger partial charge on any atom is 0.227 e. The summed E-state index contributed by atoms with van der Waals surface area (Å²) < 4.78 is 5.57. The second-order valence-electron chi connectivity index (χ2n) is 7.54. The molecule has 2 saturated carbocycles. The Labute approximate surface area is 148 Å². The zero-order chi connectivity index (χ0) is 17.4. The van der Waals surface area contributed by atoms with Crippen LogP contribution in [-0.2, 0) is 4.79 Å². The number of oxazole rings is 1. The lowest BCUT2D eigenvalue weighted by Gasteiger charge is -2.43. The van der Waals surface area contributed by atoms with Crippen LogP contribution in [0.2, 0.25) is 0 Å². The minimum atomic E-state index is 0.0720. The zero-order valence-corrected chi connectivity index (χ0v) is 14.6. The predicted octanol–water partition coefficient (Wildman–Crippen LogP) is 3.74. The van der Waals surface area contributed by atoms with Gasteiger partial charge in [0.25, 0.3) is 0 Å². The average Bonchev–Trinajstić information content (AvgIpc) is 3.01. The van der Waals surface area contributed by atoms with Gasteiger partial charge in [0.2, 0.25) is 11.8 Å². The Hall–Kier alpha value is -2.14. The van der Waals surface area contributed by atoms with E-state index in [0.29, 0.717) is 17.7 Å². The molecule has 5 heteroatoms. The summed E-state index contributed by atoms with van der Waals surface area (Å²) in [4.78, 5) is 17.0. The van der Waals surface area contributed by atoms with Crippen LogP contribution in [0.1, 0.15) is 37.9 Å². The molecule has 1 heterocycles. The van der Waals surface area contributed by atoms with Crippen LogP contribution >= 0.6 is 0 Å². The molecule has 5 nitrogen and oxygen atoms in total. The molecule has 0 radical (unpaired) electrons. The molecular weight excluding hydrogens is 314 g/mol. The van der Waals surface area contributed by atoms with Crippen LogP contribution in [0.4, 0.5) is 5.69 Å². The highest BCUT2D eigenvalue weighted by atomic mass is 16.4. The van der Waals surface area contributed by atoms with Gasteiger partial charge in [-0.2, -0.15) is 0 Å². The van der Waals surface area contributed by atoms with Gasteiger partial charge in [-0.15, -0.1) is 0 Å². The summed E-state index contributed by atoms with van der Waals surface area (Å²) in [5, 5.41) is 3.08. The second-order valence-corrected chi connectivity index (χ2v) is 7.54. The maximum atomic E-state index is 12.8. The number of anilines is 1. The number of amides is 1. The lowest BCUT2D eigenvalue weighted by atomic mass is 9.65. The molecule has 2 atom stereocenters. The monoisotopic (exact) mass is 339 g/mol. The molecule has 1 amide bonds. The van der Waals surface area contributed by atoms with E-state index in [-0.39, 0.29) is 17.9 Å². The van der Waals surface area contributed by atoms with Gasteiger partial charge < -0.3 is 15.5 Å². The first kappa shape index (κ1) is 16.3. The van der Waals surface area contributed by atoms with E-state index in [0.717, 1.165) is 29.9 Å². The number of fused-ring (bicyclic) bond motifs is 2. The summed E-state index contributed by atoms with van der Waals surface area (Å²) in [5.41, 5.74) is 8.00. The molecule has 0 spiro atoms. The molecule has 25 heavy (non-hydrogen) atoms. The number of nitrogens with zero attached hydrogens (tertiary/aromatic N) is 1. The number of rotatable bonds is 3. The van der Waals surface area contributed by atoms with Crippen molar-refractivity contribution >= 4 is 11.6 Å². The molecule has 2 aliphatic carbocycles. The molecule has 1 aromatic heterocycles. The first-order valence-corrected chi connectivity index (χ1v) is 9.19. The standard InChI is InChI=1S/C20H25N3O2/c1-12-11-22-20(25-12)15-6-3-7-17(10-15)23-19(24)16-8-13-4-2-5-14(9-16)18(13)21/h3,6-7,10-11,13-14,16,18H,2,4-5,8-9,21H2,1H3,(H,23,24). The highest BCUT2D eigenvalue weighted by molar-refractivity contribution is 5.93. The minimum Gasteiger partial charge on any atom is -0.441 e. The third-order valence-electron chi connectivity index (χ3n) is 5.78. The van der Waals surface area contributed by atoms with Crippen LogP contribution in [0.25, 0.3) is 11.5 Å². The number of hydrogen-bond acceptors (Lipinski definition) is 4. The Morgan fingerprint density at radius 2 is 2.04 bits per heavy atom. The fraction of sp³-hybridized carbons (Fsp3) is 0.500. The fourth-order valence-corrected chi connectivity index (χ4v) is 4.47. The normalized spacial score (nSPS) is 28.6. The third kappa shape index (κ3) is 3.33. The summed E-state index contributed by atoms with van der Waals surface area (Å²) in [6, 6.07) is 7.96. The second kappa shape index (κ2) is 6.64. The smallest absolute Gasteiger partial charge is 0.227 e. The van der Waals surface area contributed by atoms with Gasteiger partial charge in [-0.05, 0) is 62.6 Å². The Bertz CT molecular complexity index is 756. The molecule has 0 saturated heterocycles. The number of nitrogens with two attached hydrogens (primary N) is 1. The first-order chi connectivity index (χ1) is 12.1. The van der Waals surface area contributed by atoms with E-state index in [2.05, 4.69) is 10.3 Å². The average molecular weight is 339 g/mol. The van der Waals surface area contributed by atoms with Gasteiger partial charge in [0.15, 0.2) is 0 Å². The summed E-state index contributed by atoms with van der Waals surface area (Å²) in [5.74, 6) is 2.54. The topological polar surface area (TPSA) is 81.2 Å². The van der Waals surface area contributed by atoms with Crippen molar-refractivity contribution in [3.63, 3.8) is 0 Å². The minimum absolute atomic E-state index is 0.0720. The largest absolute Gasteiger partial charge is 0.441 e. The van der Waals surface area contributed by atoms with Crippen molar-refractivity contribution in [3.05, 3.63) is 36.2 Å². The van der Waals surface area contributed by atoms with Crippen LogP contribution in [0.5, 0.6) is 0 Å². The molecular formula is C20H25N3O2. The van der Waals surface area contributed by atoms with Gasteiger partial charge in [0.1, 0.15) is 5.76 Å². The van der Waals surface area contributed by atoms with E-state index in [1.165, 1.54) is 19.3 Å². The predicted molar refractivity (Wildman–Crippen MR) is 96.8 cm³/mol. The van der Waals surface area contributed by atoms with Crippen molar-refractivity contribution in [2.75, 3.05) is 5.32 Å². The molecule has 1 aromatic carbocycles. The van der Waals surface area contributed by atoms with E-state index in [4.69, 9.17) is 10.2 Å². The van der Waals surface area contributed by atoms with Gasteiger partial charge in [-0.25, -0.2) is 4.98 Å². The van der Waals surface area contributed by atoms with Crippen molar-refractivity contribution in [3.8, 4) is 11.5 Å². The van der Waals surface area contributed by atoms with Gasteiger partial charge in [0, 0.05) is 23.2 Å². The lowest BCUT2D eigenvalue weighted by Crippen LogP contribution is -2.48. The molecule has 0 aliphatic heterocycles. The quantitative estimate of drug-likeness (QED) is 0.892. The third-order valence-corrected chi connectivity index (χ3v) is 5.78. The van der Waals surface area contributed by atoms with Gasteiger partial charge in [0.05, 0.1) is 6.20 Å². The van der Waals surface area contributed by atoms with E-state index < -0.39 is 0 Å². The molecule has 132 valence electrons. The van der Waals surface area contributed by atoms with Gasteiger partial charge in [-0.1, -0.05) is 12.5 Å². The SMILES string of the molecule is Cc1cnc(-c2cccc(NC(=O)C3CC4CCCC(C3)C4N)c2)o1. The molecule has 2 fully saturated rings. The maximum absolute atomic E-state index is 12.8. The van der Waals surface area contributed by atoms with Crippen LogP contribution in [0.15, 0.2) is 34.9 Å². The van der Waals surface area contributed by atoms with Crippen molar-refractivity contribution in [2.45, 2.75) is 45.1 Å². The Morgan fingerprint density at radius 3 is 2.72 bits per heavy atom. The summed E-state index contributed by atoms with van der Waals surface area (Å²) in [6.45, 7) is 1.87. The van der Waals surface area contributed by atoms with Crippen molar-refractivity contribution in [1.82, 2.24) is 4.98 Å². The number of hydrogen-bond donors (Lipinski definition) is 2. The van der Waals surface area contributed by atoms with Crippen LogP contribution in [0, 0.1) is 24.7 Å². The van der Waals surface area contributed by atoms with Crippen LogP contribution < -0.4 is 11.1 Å². The lowest BCUT2D eigenvalue weighted by molar-refractivity contribution is -0.122. The highest BCUT2D eigenvalue weighted by Gasteiger charge is 2.40. The number of carbonyl (C=O) groups excluding carboxylic acids is 1. The van der Waals surface area contributed by atoms with Crippen LogP contribution in [-0.4, -0.2) is 16.9 Å². The molecule has 2 aliphatic rings. The summed E-state index contributed by atoms with van der Waals surface area (Å²) in [7, 11) is 0. The van der Waals surface area contributed by atoms with E-state index in [1.807, 2.05) is 31.2 Å². The van der Waals surface area contributed by atoms with E-state index >= 15 is 0 Å².